The summed E-state index contributed by atoms with van der Waals surface area (Å²) in [5.41, 5.74) is 5.33. The standard InChI is InChI=1S/C28H32N2O4/c1-2-12-34-27-11-10-21(20-7-5-6-19(13-20)17-31)14-24(27)28(33)30-15-22(18-32)25-16-29-26-9-4-3-8-23(25)26/h3-11,13-14,22,25,29,31-32H,2,12,15-18H2,1H3,(H,30,33). The van der Waals surface area contributed by atoms with Gasteiger partial charge in [-0.2, -0.15) is 0 Å². The Hall–Kier alpha value is -3.35. The summed E-state index contributed by atoms with van der Waals surface area (Å²) in [5.74, 6) is 0.327. The maximum atomic E-state index is 13.3. The first-order chi connectivity index (χ1) is 16.6. The SMILES string of the molecule is CCCOc1ccc(-c2cccc(CO)c2)cc1C(=O)NCC(CO)C1CNc2ccccc21. The number of ether oxygens (including phenoxy) is 1. The number of benzene rings is 3. The van der Waals surface area contributed by atoms with E-state index in [4.69, 9.17) is 4.74 Å². The predicted octanol–water partition coefficient (Wildman–Crippen LogP) is 4.18. The second kappa shape index (κ2) is 11.2. The topological polar surface area (TPSA) is 90.8 Å². The summed E-state index contributed by atoms with van der Waals surface area (Å²) in [5, 5.41) is 26.0. The molecule has 1 amide bonds. The van der Waals surface area contributed by atoms with Crippen LogP contribution in [-0.4, -0.2) is 42.4 Å². The van der Waals surface area contributed by atoms with Crippen LogP contribution in [0.25, 0.3) is 11.1 Å². The fraction of sp³-hybridized carbons (Fsp3) is 0.321. The second-order valence-electron chi connectivity index (χ2n) is 8.65. The monoisotopic (exact) mass is 460 g/mol. The molecule has 0 saturated heterocycles. The molecule has 3 aromatic rings. The normalized spacial score (nSPS) is 15.3. The Morgan fingerprint density at radius 2 is 1.91 bits per heavy atom. The van der Waals surface area contributed by atoms with Crippen LogP contribution >= 0.6 is 0 Å². The zero-order valence-electron chi connectivity index (χ0n) is 19.5. The number of aliphatic hydroxyl groups is 2. The minimum atomic E-state index is -0.232. The summed E-state index contributed by atoms with van der Waals surface area (Å²) in [4.78, 5) is 13.3. The van der Waals surface area contributed by atoms with Gasteiger partial charge in [-0.05, 0) is 52.9 Å². The van der Waals surface area contributed by atoms with Gasteiger partial charge >= 0.3 is 0 Å². The Morgan fingerprint density at radius 1 is 1.09 bits per heavy atom. The van der Waals surface area contributed by atoms with Gasteiger partial charge in [0.1, 0.15) is 5.75 Å². The van der Waals surface area contributed by atoms with E-state index in [-0.39, 0.29) is 31.0 Å². The third-order valence-corrected chi connectivity index (χ3v) is 6.33. The van der Waals surface area contributed by atoms with Gasteiger partial charge in [0.25, 0.3) is 5.91 Å². The highest BCUT2D eigenvalue weighted by molar-refractivity contribution is 5.98. The number of amides is 1. The molecule has 1 heterocycles. The van der Waals surface area contributed by atoms with E-state index in [2.05, 4.69) is 16.7 Å². The van der Waals surface area contributed by atoms with Gasteiger partial charge in [0, 0.05) is 37.2 Å². The van der Waals surface area contributed by atoms with E-state index in [0.717, 1.165) is 35.3 Å². The highest BCUT2D eigenvalue weighted by atomic mass is 16.5. The number of para-hydroxylation sites is 1. The zero-order chi connectivity index (χ0) is 23.9. The molecule has 0 aliphatic carbocycles. The minimum Gasteiger partial charge on any atom is -0.493 e. The molecule has 34 heavy (non-hydrogen) atoms. The molecule has 0 bridgehead atoms. The number of hydrogen-bond donors (Lipinski definition) is 4. The Bertz CT molecular complexity index is 1130. The van der Waals surface area contributed by atoms with Crippen LogP contribution in [0.4, 0.5) is 5.69 Å². The van der Waals surface area contributed by atoms with Crippen LogP contribution in [0.2, 0.25) is 0 Å². The lowest BCUT2D eigenvalue weighted by Gasteiger charge is -2.22. The lowest BCUT2D eigenvalue weighted by molar-refractivity contribution is 0.0932. The molecular weight excluding hydrogens is 428 g/mol. The van der Waals surface area contributed by atoms with Gasteiger partial charge in [-0.3, -0.25) is 4.79 Å². The van der Waals surface area contributed by atoms with Crippen LogP contribution in [0, 0.1) is 5.92 Å². The second-order valence-corrected chi connectivity index (χ2v) is 8.65. The first kappa shape index (κ1) is 23.8. The molecule has 3 aromatic carbocycles. The van der Waals surface area contributed by atoms with Crippen molar-refractivity contribution in [3.05, 3.63) is 83.4 Å². The van der Waals surface area contributed by atoms with E-state index in [9.17, 15) is 15.0 Å². The largest absolute Gasteiger partial charge is 0.493 e. The fourth-order valence-electron chi connectivity index (χ4n) is 4.46. The van der Waals surface area contributed by atoms with Crippen molar-refractivity contribution in [2.75, 3.05) is 31.6 Å². The van der Waals surface area contributed by atoms with Crippen molar-refractivity contribution in [1.29, 1.82) is 0 Å². The quantitative estimate of drug-likeness (QED) is 0.364. The van der Waals surface area contributed by atoms with Crippen molar-refractivity contribution in [2.45, 2.75) is 25.9 Å². The molecule has 4 rings (SSSR count). The number of anilines is 1. The van der Waals surface area contributed by atoms with E-state index in [1.165, 1.54) is 5.56 Å². The average Bonchev–Trinajstić information content (AvgIpc) is 3.32. The number of aliphatic hydroxyl groups excluding tert-OH is 2. The summed E-state index contributed by atoms with van der Waals surface area (Å²) in [6, 6.07) is 21.3. The predicted molar refractivity (Wildman–Crippen MR) is 134 cm³/mol. The molecule has 2 unspecified atom stereocenters. The molecule has 0 radical (unpaired) electrons. The van der Waals surface area contributed by atoms with E-state index >= 15 is 0 Å². The molecule has 0 aromatic heterocycles. The van der Waals surface area contributed by atoms with Gasteiger partial charge in [-0.15, -0.1) is 0 Å². The molecule has 6 nitrogen and oxygen atoms in total. The van der Waals surface area contributed by atoms with Crippen LogP contribution in [0.3, 0.4) is 0 Å². The Kier molecular flexibility index (Phi) is 7.83. The molecule has 1 aliphatic rings. The summed E-state index contributed by atoms with van der Waals surface area (Å²) in [6.45, 7) is 3.57. The van der Waals surface area contributed by atoms with E-state index in [0.29, 0.717) is 24.5 Å². The van der Waals surface area contributed by atoms with Crippen LogP contribution in [0.5, 0.6) is 5.75 Å². The van der Waals surface area contributed by atoms with Crippen molar-refractivity contribution >= 4 is 11.6 Å². The molecule has 6 heteroatoms. The first-order valence-corrected chi connectivity index (χ1v) is 11.8. The van der Waals surface area contributed by atoms with Gasteiger partial charge in [-0.1, -0.05) is 49.4 Å². The van der Waals surface area contributed by atoms with Crippen LogP contribution < -0.4 is 15.4 Å². The third kappa shape index (κ3) is 5.24. The zero-order valence-corrected chi connectivity index (χ0v) is 19.5. The number of hydrogen-bond acceptors (Lipinski definition) is 5. The lowest BCUT2D eigenvalue weighted by Crippen LogP contribution is -2.34. The van der Waals surface area contributed by atoms with Crippen LogP contribution in [0.15, 0.2) is 66.7 Å². The van der Waals surface area contributed by atoms with Gasteiger partial charge in [0.2, 0.25) is 0 Å². The van der Waals surface area contributed by atoms with E-state index in [1.54, 1.807) is 0 Å². The Labute approximate surface area is 200 Å². The first-order valence-electron chi connectivity index (χ1n) is 11.8. The number of nitrogens with one attached hydrogen (secondary N) is 2. The molecular formula is C28H32N2O4. The van der Waals surface area contributed by atoms with Gasteiger partial charge in [-0.25, -0.2) is 0 Å². The van der Waals surface area contributed by atoms with Crippen molar-refractivity contribution in [1.82, 2.24) is 5.32 Å². The number of rotatable bonds is 10. The highest BCUT2D eigenvalue weighted by Gasteiger charge is 2.29. The Morgan fingerprint density at radius 3 is 2.71 bits per heavy atom. The molecule has 2 atom stereocenters. The van der Waals surface area contributed by atoms with Crippen molar-refractivity contribution in [3.8, 4) is 16.9 Å². The summed E-state index contributed by atoms with van der Waals surface area (Å²) >= 11 is 0. The highest BCUT2D eigenvalue weighted by Crippen LogP contribution is 2.36. The maximum Gasteiger partial charge on any atom is 0.255 e. The lowest BCUT2D eigenvalue weighted by atomic mass is 9.88. The van der Waals surface area contributed by atoms with Crippen molar-refractivity contribution in [2.24, 2.45) is 5.92 Å². The number of carbonyl (C=O) groups is 1. The van der Waals surface area contributed by atoms with Crippen LogP contribution in [-0.2, 0) is 6.61 Å². The molecule has 1 aliphatic heterocycles. The van der Waals surface area contributed by atoms with Crippen LogP contribution in [0.1, 0.15) is 40.7 Å². The molecule has 178 valence electrons. The van der Waals surface area contributed by atoms with Gasteiger partial charge in [0.15, 0.2) is 0 Å². The molecule has 0 fully saturated rings. The summed E-state index contributed by atoms with van der Waals surface area (Å²) in [7, 11) is 0. The minimum absolute atomic E-state index is 0.0197. The number of carbonyl (C=O) groups excluding carboxylic acids is 1. The van der Waals surface area contributed by atoms with E-state index in [1.807, 2.05) is 67.6 Å². The fourth-order valence-corrected chi connectivity index (χ4v) is 4.46. The number of fused-ring (bicyclic) bond motifs is 1. The maximum absolute atomic E-state index is 13.3. The van der Waals surface area contributed by atoms with Crippen molar-refractivity contribution in [3.63, 3.8) is 0 Å². The summed E-state index contributed by atoms with van der Waals surface area (Å²) in [6.07, 6.45) is 0.835. The summed E-state index contributed by atoms with van der Waals surface area (Å²) < 4.78 is 5.86. The van der Waals surface area contributed by atoms with E-state index < -0.39 is 0 Å². The molecule has 0 saturated carbocycles. The van der Waals surface area contributed by atoms with Gasteiger partial charge in [0.05, 0.1) is 18.8 Å². The average molecular weight is 461 g/mol. The Balaban J connectivity index is 1.54. The van der Waals surface area contributed by atoms with Crippen molar-refractivity contribution < 1.29 is 19.7 Å². The smallest absolute Gasteiger partial charge is 0.255 e. The van der Waals surface area contributed by atoms with Gasteiger partial charge < -0.3 is 25.6 Å². The molecule has 4 N–H and O–H groups in total. The molecule has 0 spiro atoms. The third-order valence-electron chi connectivity index (χ3n) is 6.33.